The van der Waals surface area contributed by atoms with Crippen molar-refractivity contribution in [2.45, 2.75) is 25.8 Å². The SMILES string of the molecule is CCN(CC(=O)O)C1CCN(C(=O)c2cc3cc(Cl)ccc3o2)CC1. The number of carbonyl (C=O) groups is 2. The molecule has 1 fully saturated rings. The predicted molar refractivity (Wildman–Crippen MR) is 95.0 cm³/mol. The Labute approximate surface area is 150 Å². The van der Waals surface area contributed by atoms with Crippen molar-refractivity contribution in [3.63, 3.8) is 0 Å². The van der Waals surface area contributed by atoms with Crippen molar-refractivity contribution in [2.75, 3.05) is 26.2 Å². The fourth-order valence-corrected chi connectivity index (χ4v) is 3.56. The molecular formula is C18H21ClN2O4. The fourth-order valence-electron chi connectivity index (χ4n) is 3.38. The van der Waals surface area contributed by atoms with Crippen molar-refractivity contribution >= 4 is 34.4 Å². The van der Waals surface area contributed by atoms with Gasteiger partial charge in [0.25, 0.3) is 5.91 Å². The Kier molecular flexibility index (Phi) is 5.30. The lowest BCUT2D eigenvalue weighted by molar-refractivity contribution is -0.139. The fraction of sp³-hybridized carbons (Fsp3) is 0.444. The standard InChI is InChI=1S/C18H21ClN2O4/c1-2-20(11-17(22)23)14-5-7-21(8-6-14)18(24)16-10-12-9-13(19)3-4-15(12)25-16/h3-4,9-10,14H,2,5-8,11H2,1H3,(H,22,23). The summed E-state index contributed by atoms with van der Waals surface area (Å²) in [7, 11) is 0. The van der Waals surface area contributed by atoms with E-state index in [1.165, 1.54) is 0 Å². The molecule has 1 aliphatic heterocycles. The van der Waals surface area contributed by atoms with Crippen LogP contribution < -0.4 is 0 Å². The molecule has 0 spiro atoms. The van der Waals surface area contributed by atoms with E-state index in [1.54, 1.807) is 29.2 Å². The van der Waals surface area contributed by atoms with E-state index in [9.17, 15) is 9.59 Å². The van der Waals surface area contributed by atoms with Crippen LogP contribution in [0.4, 0.5) is 0 Å². The topological polar surface area (TPSA) is 74.0 Å². The molecule has 0 saturated carbocycles. The second-order valence-electron chi connectivity index (χ2n) is 6.27. The van der Waals surface area contributed by atoms with Gasteiger partial charge in [-0.15, -0.1) is 0 Å². The maximum Gasteiger partial charge on any atom is 0.317 e. The van der Waals surface area contributed by atoms with Crippen LogP contribution in [0.15, 0.2) is 28.7 Å². The minimum Gasteiger partial charge on any atom is -0.480 e. The van der Waals surface area contributed by atoms with Crippen molar-refractivity contribution < 1.29 is 19.1 Å². The zero-order chi connectivity index (χ0) is 18.0. The lowest BCUT2D eigenvalue weighted by Crippen LogP contribution is -2.48. The molecule has 2 heterocycles. The molecule has 7 heteroatoms. The van der Waals surface area contributed by atoms with E-state index in [0.717, 1.165) is 18.2 Å². The molecule has 0 aliphatic carbocycles. The van der Waals surface area contributed by atoms with Gasteiger partial charge in [0.1, 0.15) is 5.58 Å². The summed E-state index contributed by atoms with van der Waals surface area (Å²) >= 11 is 5.97. The van der Waals surface area contributed by atoms with Crippen molar-refractivity contribution in [1.82, 2.24) is 9.80 Å². The molecule has 134 valence electrons. The number of fused-ring (bicyclic) bond motifs is 1. The molecule has 0 unspecified atom stereocenters. The molecule has 1 aromatic carbocycles. The van der Waals surface area contributed by atoms with E-state index in [1.807, 2.05) is 11.8 Å². The number of benzene rings is 1. The Morgan fingerprint density at radius 1 is 1.32 bits per heavy atom. The third-order valence-corrected chi connectivity index (χ3v) is 4.94. The highest BCUT2D eigenvalue weighted by Crippen LogP contribution is 2.25. The molecule has 3 rings (SSSR count). The molecular weight excluding hydrogens is 344 g/mol. The maximum atomic E-state index is 12.7. The van der Waals surface area contributed by atoms with E-state index in [4.69, 9.17) is 21.1 Å². The van der Waals surface area contributed by atoms with E-state index >= 15 is 0 Å². The minimum absolute atomic E-state index is 0.0411. The van der Waals surface area contributed by atoms with Gasteiger partial charge in [-0.1, -0.05) is 18.5 Å². The van der Waals surface area contributed by atoms with Crippen LogP contribution in [0.25, 0.3) is 11.0 Å². The Morgan fingerprint density at radius 3 is 2.68 bits per heavy atom. The third kappa shape index (κ3) is 3.96. The number of halogens is 1. The quantitative estimate of drug-likeness (QED) is 0.882. The van der Waals surface area contributed by atoms with Gasteiger partial charge in [-0.05, 0) is 43.7 Å². The highest BCUT2D eigenvalue weighted by Gasteiger charge is 2.29. The van der Waals surface area contributed by atoms with Crippen molar-refractivity contribution in [3.8, 4) is 0 Å². The van der Waals surface area contributed by atoms with Crippen LogP contribution in [-0.2, 0) is 4.79 Å². The molecule has 25 heavy (non-hydrogen) atoms. The normalized spacial score (nSPS) is 15.9. The molecule has 1 aliphatic rings. The van der Waals surface area contributed by atoms with Gasteiger partial charge in [0.15, 0.2) is 5.76 Å². The molecule has 0 bridgehead atoms. The average Bonchev–Trinajstić information content (AvgIpc) is 3.02. The van der Waals surface area contributed by atoms with Crippen LogP contribution in [-0.4, -0.2) is 59.0 Å². The second kappa shape index (κ2) is 7.45. The summed E-state index contributed by atoms with van der Waals surface area (Å²) < 4.78 is 5.65. The first-order valence-electron chi connectivity index (χ1n) is 8.42. The summed E-state index contributed by atoms with van der Waals surface area (Å²) in [6.07, 6.45) is 1.53. The largest absolute Gasteiger partial charge is 0.480 e. The number of hydrogen-bond acceptors (Lipinski definition) is 4. The molecule has 2 aromatic rings. The first-order chi connectivity index (χ1) is 12.0. The molecule has 0 atom stereocenters. The molecule has 1 amide bonds. The summed E-state index contributed by atoms with van der Waals surface area (Å²) in [5.41, 5.74) is 0.640. The number of likely N-dealkylation sites (tertiary alicyclic amines) is 1. The third-order valence-electron chi connectivity index (χ3n) is 4.70. The number of nitrogens with zero attached hydrogens (tertiary/aromatic N) is 2. The number of aliphatic carboxylic acids is 1. The lowest BCUT2D eigenvalue weighted by Gasteiger charge is -2.37. The van der Waals surface area contributed by atoms with Crippen LogP contribution in [0.5, 0.6) is 0 Å². The zero-order valence-electron chi connectivity index (χ0n) is 14.1. The summed E-state index contributed by atoms with van der Waals surface area (Å²) in [4.78, 5) is 27.3. The number of piperidine rings is 1. The Balaban J connectivity index is 1.65. The van der Waals surface area contributed by atoms with Crippen LogP contribution >= 0.6 is 11.6 Å². The monoisotopic (exact) mass is 364 g/mol. The van der Waals surface area contributed by atoms with Crippen LogP contribution in [0.2, 0.25) is 5.02 Å². The minimum atomic E-state index is -0.818. The zero-order valence-corrected chi connectivity index (χ0v) is 14.8. The number of carbonyl (C=O) groups excluding carboxylic acids is 1. The average molecular weight is 365 g/mol. The smallest absolute Gasteiger partial charge is 0.317 e. The number of amides is 1. The number of furan rings is 1. The van der Waals surface area contributed by atoms with Gasteiger partial charge < -0.3 is 14.4 Å². The van der Waals surface area contributed by atoms with Crippen LogP contribution in [0, 0.1) is 0 Å². The van der Waals surface area contributed by atoms with Gasteiger partial charge in [0, 0.05) is 29.5 Å². The summed E-state index contributed by atoms with van der Waals surface area (Å²) in [5, 5.41) is 10.4. The van der Waals surface area contributed by atoms with Gasteiger partial charge in [-0.2, -0.15) is 0 Å². The van der Waals surface area contributed by atoms with Crippen molar-refractivity contribution in [3.05, 3.63) is 35.0 Å². The molecule has 0 radical (unpaired) electrons. The van der Waals surface area contributed by atoms with Gasteiger partial charge in [0.2, 0.25) is 0 Å². The first kappa shape index (κ1) is 17.8. The van der Waals surface area contributed by atoms with Crippen LogP contribution in [0.3, 0.4) is 0 Å². The van der Waals surface area contributed by atoms with E-state index in [2.05, 4.69) is 0 Å². The Hall–Kier alpha value is -2.05. The lowest BCUT2D eigenvalue weighted by atomic mass is 10.0. The number of hydrogen-bond donors (Lipinski definition) is 1. The van der Waals surface area contributed by atoms with Crippen molar-refractivity contribution in [1.29, 1.82) is 0 Å². The molecule has 1 N–H and O–H groups in total. The number of rotatable bonds is 5. The Morgan fingerprint density at radius 2 is 2.04 bits per heavy atom. The van der Waals surface area contributed by atoms with E-state index in [-0.39, 0.29) is 18.5 Å². The highest BCUT2D eigenvalue weighted by molar-refractivity contribution is 6.31. The number of carboxylic acid groups (broad SMARTS) is 1. The van der Waals surface area contributed by atoms with Gasteiger partial charge in [-0.25, -0.2) is 0 Å². The molecule has 1 aromatic heterocycles. The maximum absolute atomic E-state index is 12.7. The Bertz CT molecular complexity index is 780. The van der Waals surface area contributed by atoms with Gasteiger partial charge in [0.05, 0.1) is 6.54 Å². The van der Waals surface area contributed by atoms with Gasteiger partial charge >= 0.3 is 5.97 Å². The van der Waals surface area contributed by atoms with Crippen molar-refractivity contribution in [2.24, 2.45) is 0 Å². The first-order valence-corrected chi connectivity index (χ1v) is 8.80. The highest BCUT2D eigenvalue weighted by atomic mass is 35.5. The van der Waals surface area contributed by atoms with E-state index in [0.29, 0.717) is 36.0 Å². The van der Waals surface area contributed by atoms with Crippen LogP contribution in [0.1, 0.15) is 30.3 Å². The van der Waals surface area contributed by atoms with E-state index < -0.39 is 5.97 Å². The molecule has 6 nitrogen and oxygen atoms in total. The summed E-state index contributed by atoms with van der Waals surface area (Å²) in [6, 6.07) is 7.17. The number of likely N-dealkylation sites (N-methyl/N-ethyl adjacent to an activating group) is 1. The summed E-state index contributed by atoms with van der Waals surface area (Å²) in [6.45, 7) is 3.88. The number of carboxylic acids is 1. The predicted octanol–water partition coefficient (Wildman–Crippen LogP) is 3.10. The summed E-state index contributed by atoms with van der Waals surface area (Å²) in [5.74, 6) is -0.637. The molecule has 1 saturated heterocycles. The van der Waals surface area contributed by atoms with Gasteiger partial charge in [-0.3, -0.25) is 14.5 Å². The second-order valence-corrected chi connectivity index (χ2v) is 6.71.